The summed E-state index contributed by atoms with van der Waals surface area (Å²) in [7, 11) is 0. The van der Waals surface area contributed by atoms with Gasteiger partial charge in [0, 0.05) is 25.7 Å². The topological polar surface area (TPSA) is 55.6 Å². The molecule has 0 bridgehead atoms. The van der Waals surface area contributed by atoms with Crippen molar-refractivity contribution >= 4 is 5.91 Å². The van der Waals surface area contributed by atoms with Gasteiger partial charge in [-0.3, -0.25) is 4.79 Å². The van der Waals surface area contributed by atoms with Gasteiger partial charge >= 0.3 is 0 Å². The quantitative estimate of drug-likeness (QED) is 0.750. The van der Waals surface area contributed by atoms with Crippen LogP contribution in [-0.2, 0) is 9.53 Å². The highest BCUT2D eigenvalue weighted by molar-refractivity contribution is 5.79. The summed E-state index contributed by atoms with van der Waals surface area (Å²) in [5.74, 6) is 0.997. The van der Waals surface area contributed by atoms with Crippen LogP contribution in [0.1, 0.15) is 26.2 Å². The molecule has 1 amide bonds. The maximum absolute atomic E-state index is 12.1. The molecule has 0 aliphatic carbocycles. The molecule has 2 heterocycles. The predicted octanol–water partition coefficient (Wildman–Crippen LogP) is 0.609. The fraction of sp³-hybridized carbons (Fsp3) is 0.917. The minimum atomic E-state index is 0.117. The highest BCUT2D eigenvalue weighted by atomic mass is 16.5. The zero-order valence-corrected chi connectivity index (χ0v) is 10.0. The van der Waals surface area contributed by atoms with E-state index < -0.39 is 0 Å². The molecule has 0 aromatic heterocycles. The Labute approximate surface area is 97.1 Å². The number of nitrogens with zero attached hydrogens (tertiary/aromatic N) is 1. The molecule has 2 atom stereocenters. The second kappa shape index (κ2) is 5.15. The summed E-state index contributed by atoms with van der Waals surface area (Å²) in [5.41, 5.74) is 5.89. The second-order valence-electron chi connectivity index (χ2n) is 5.08. The van der Waals surface area contributed by atoms with Gasteiger partial charge in [0.05, 0.1) is 12.5 Å². The first-order valence-corrected chi connectivity index (χ1v) is 6.30. The maximum atomic E-state index is 12.1. The summed E-state index contributed by atoms with van der Waals surface area (Å²) < 4.78 is 5.26. The van der Waals surface area contributed by atoms with Gasteiger partial charge in [-0.15, -0.1) is 0 Å². The van der Waals surface area contributed by atoms with Crippen LogP contribution in [-0.4, -0.2) is 43.2 Å². The van der Waals surface area contributed by atoms with Gasteiger partial charge in [-0.1, -0.05) is 0 Å². The van der Waals surface area contributed by atoms with Crippen molar-refractivity contribution in [3.05, 3.63) is 0 Å². The number of carbonyl (C=O) groups is 1. The molecule has 16 heavy (non-hydrogen) atoms. The Hall–Kier alpha value is -0.610. The number of piperidine rings is 1. The molecule has 2 aliphatic rings. The Bertz CT molecular complexity index is 241. The lowest BCUT2D eigenvalue weighted by molar-refractivity contribution is -0.137. The van der Waals surface area contributed by atoms with Gasteiger partial charge in [0.1, 0.15) is 0 Å². The van der Waals surface area contributed by atoms with Gasteiger partial charge in [0.2, 0.25) is 5.91 Å². The normalized spacial score (nSPS) is 29.4. The number of likely N-dealkylation sites (tertiary alicyclic amines) is 1. The first-order chi connectivity index (χ1) is 7.68. The Kier molecular flexibility index (Phi) is 3.82. The fourth-order valence-electron chi connectivity index (χ4n) is 2.63. The van der Waals surface area contributed by atoms with Crippen LogP contribution < -0.4 is 5.73 Å². The van der Waals surface area contributed by atoms with Crippen molar-refractivity contribution in [2.75, 3.05) is 26.3 Å². The van der Waals surface area contributed by atoms with E-state index in [9.17, 15) is 4.79 Å². The molecule has 0 spiro atoms. The summed E-state index contributed by atoms with van der Waals surface area (Å²) in [6, 6.07) is 0.257. The number of hydrogen-bond donors (Lipinski definition) is 1. The van der Waals surface area contributed by atoms with Crippen molar-refractivity contribution in [1.29, 1.82) is 0 Å². The van der Waals surface area contributed by atoms with Crippen LogP contribution in [0.15, 0.2) is 0 Å². The van der Waals surface area contributed by atoms with Gasteiger partial charge in [-0.25, -0.2) is 0 Å². The highest BCUT2D eigenvalue weighted by Gasteiger charge is 2.31. The molecule has 4 heteroatoms. The fourth-order valence-corrected chi connectivity index (χ4v) is 2.63. The molecule has 0 radical (unpaired) electrons. The Balaban J connectivity index is 1.81. The average molecular weight is 226 g/mol. The van der Waals surface area contributed by atoms with Crippen molar-refractivity contribution in [2.24, 2.45) is 17.6 Å². The summed E-state index contributed by atoms with van der Waals surface area (Å²) in [6.45, 7) is 5.18. The molecule has 2 saturated heterocycles. The molecular formula is C12H22N2O2. The minimum absolute atomic E-state index is 0.117. The smallest absolute Gasteiger partial charge is 0.228 e. The molecule has 2 unspecified atom stereocenters. The molecule has 2 aliphatic heterocycles. The van der Waals surface area contributed by atoms with Gasteiger partial charge in [0.15, 0.2) is 0 Å². The Morgan fingerprint density at radius 3 is 2.56 bits per heavy atom. The van der Waals surface area contributed by atoms with Gasteiger partial charge in [-0.2, -0.15) is 0 Å². The molecule has 92 valence electrons. The largest absolute Gasteiger partial charge is 0.381 e. The number of amides is 1. The predicted molar refractivity (Wildman–Crippen MR) is 61.9 cm³/mol. The Morgan fingerprint density at radius 1 is 1.38 bits per heavy atom. The van der Waals surface area contributed by atoms with E-state index in [1.807, 2.05) is 4.90 Å². The number of carbonyl (C=O) groups excluding carboxylic acids is 1. The summed E-state index contributed by atoms with van der Waals surface area (Å²) in [5, 5.41) is 0. The monoisotopic (exact) mass is 226 g/mol. The lowest BCUT2D eigenvalue weighted by atomic mass is 9.90. The maximum Gasteiger partial charge on any atom is 0.228 e. The molecule has 2 rings (SSSR count). The van der Waals surface area contributed by atoms with Crippen molar-refractivity contribution in [3.63, 3.8) is 0 Å². The number of rotatable bonds is 2. The van der Waals surface area contributed by atoms with E-state index in [-0.39, 0.29) is 12.0 Å². The summed E-state index contributed by atoms with van der Waals surface area (Å²) in [4.78, 5) is 14.1. The van der Waals surface area contributed by atoms with Crippen molar-refractivity contribution in [1.82, 2.24) is 4.90 Å². The molecule has 0 aromatic carbocycles. The third-order valence-electron chi connectivity index (χ3n) is 3.87. The lowest BCUT2D eigenvalue weighted by Gasteiger charge is -2.34. The van der Waals surface area contributed by atoms with Crippen LogP contribution in [0.4, 0.5) is 0 Å². The minimum Gasteiger partial charge on any atom is -0.381 e. The van der Waals surface area contributed by atoms with E-state index in [1.165, 1.54) is 0 Å². The SMILES string of the molecule is CC(N)C1CCN(C(=O)C2CCOC2)CC1. The van der Waals surface area contributed by atoms with Crippen LogP contribution in [0.5, 0.6) is 0 Å². The number of nitrogens with two attached hydrogens (primary N) is 1. The first-order valence-electron chi connectivity index (χ1n) is 6.30. The van der Waals surface area contributed by atoms with Gasteiger partial charge < -0.3 is 15.4 Å². The van der Waals surface area contributed by atoms with E-state index in [4.69, 9.17) is 10.5 Å². The van der Waals surface area contributed by atoms with Crippen molar-refractivity contribution in [3.8, 4) is 0 Å². The third-order valence-corrected chi connectivity index (χ3v) is 3.87. The van der Waals surface area contributed by atoms with Gasteiger partial charge in [-0.05, 0) is 32.1 Å². The lowest BCUT2D eigenvalue weighted by Crippen LogP contribution is -2.44. The van der Waals surface area contributed by atoms with Gasteiger partial charge in [0.25, 0.3) is 0 Å². The summed E-state index contributed by atoms with van der Waals surface area (Å²) >= 11 is 0. The molecule has 0 aromatic rings. The van der Waals surface area contributed by atoms with E-state index in [2.05, 4.69) is 6.92 Å². The van der Waals surface area contributed by atoms with Crippen LogP contribution in [0.2, 0.25) is 0 Å². The highest BCUT2D eigenvalue weighted by Crippen LogP contribution is 2.23. The number of hydrogen-bond acceptors (Lipinski definition) is 3. The molecule has 4 nitrogen and oxygen atoms in total. The van der Waals surface area contributed by atoms with E-state index in [0.717, 1.165) is 39.0 Å². The first kappa shape index (κ1) is 11.9. The second-order valence-corrected chi connectivity index (χ2v) is 5.08. The van der Waals surface area contributed by atoms with Crippen molar-refractivity contribution < 1.29 is 9.53 Å². The van der Waals surface area contributed by atoms with E-state index in [0.29, 0.717) is 18.4 Å². The van der Waals surface area contributed by atoms with Crippen LogP contribution in [0.25, 0.3) is 0 Å². The molecule has 2 fully saturated rings. The molecular weight excluding hydrogens is 204 g/mol. The summed E-state index contributed by atoms with van der Waals surface area (Å²) in [6.07, 6.45) is 3.00. The Morgan fingerprint density at radius 2 is 2.06 bits per heavy atom. The zero-order chi connectivity index (χ0) is 11.5. The zero-order valence-electron chi connectivity index (χ0n) is 10.0. The van der Waals surface area contributed by atoms with E-state index in [1.54, 1.807) is 0 Å². The van der Waals surface area contributed by atoms with Crippen LogP contribution in [0, 0.1) is 11.8 Å². The van der Waals surface area contributed by atoms with Crippen molar-refractivity contribution in [2.45, 2.75) is 32.2 Å². The molecule has 2 N–H and O–H groups in total. The average Bonchev–Trinajstić information content (AvgIpc) is 2.81. The van der Waals surface area contributed by atoms with Crippen LogP contribution >= 0.6 is 0 Å². The number of ether oxygens (including phenoxy) is 1. The standard InChI is InChI=1S/C12H22N2O2/c1-9(13)10-2-5-14(6-3-10)12(15)11-4-7-16-8-11/h9-11H,2-8,13H2,1H3. The van der Waals surface area contributed by atoms with E-state index >= 15 is 0 Å². The third kappa shape index (κ3) is 2.55. The van der Waals surface area contributed by atoms with Crippen LogP contribution in [0.3, 0.4) is 0 Å². The molecule has 0 saturated carbocycles.